The maximum atomic E-state index is 12.3. The van der Waals surface area contributed by atoms with Crippen LogP contribution in [0.5, 0.6) is 0 Å². The molecule has 1 aromatic heterocycles. The van der Waals surface area contributed by atoms with Gasteiger partial charge in [-0.1, -0.05) is 17.7 Å². The van der Waals surface area contributed by atoms with E-state index in [1.807, 2.05) is 13.8 Å². The minimum Gasteiger partial charge on any atom is -0.462 e. The zero-order valence-electron chi connectivity index (χ0n) is 15.7. The van der Waals surface area contributed by atoms with Crippen molar-refractivity contribution >= 4 is 40.0 Å². The Labute approximate surface area is 163 Å². The summed E-state index contributed by atoms with van der Waals surface area (Å²) >= 11 is 3.17. The first-order valence-corrected chi connectivity index (χ1v) is 10.5. The Balaban J connectivity index is 1.86. The second kappa shape index (κ2) is 9.78. The van der Waals surface area contributed by atoms with Gasteiger partial charge in [0.2, 0.25) is 5.91 Å². The molecule has 140 valence electrons. The van der Waals surface area contributed by atoms with Gasteiger partial charge in [0.15, 0.2) is 0 Å². The fourth-order valence-electron chi connectivity index (χ4n) is 2.41. The first-order valence-electron chi connectivity index (χ1n) is 8.68. The van der Waals surface area contributed by atoms with E-state index in [9.17, 15) is 9.59 Å². The minimum absolute atomic E-state index is 0.0682. The summed E-state index contributed by atoms with van der Waals surface area (Å²) in [6, 6.07) is 8.38. The summed E-state index contributed by atoms with van der Waals surface area (Å²) in [6.07, 6.45) is 1.21. The summed E-state index contributed by atoms with van der Waals surface area (Å²) in [4.78, 5) is 26.6. The van der Waals surface area contributed by atoms with Gasteiger partial charge in [-0.15, -0.1) is 23.1 Å². The molecule has 0 aliphatic heterocycles. The highest BCUT2D eigenvalue weighted by Crippen LogP contribution is 2.33. The molecule has 0 saturated heterocycles. The number of benzene rings is 1. The molecule has 0 bridgehead atoms. The van der Waals surface area contributed by atoms with Crippen LogP contribution in [0.4, 0.5) is 5.00 Å². The van der Waals surface area contributed by atoms with Crippen molar-refractivity contribution in [3.63, 3.8) is 0 Å². The van der Waals surface area contributed by atoms with Crippen molar-refractivity contribution in [2.24, 2.45) is 0 Å². The van der Waals surface area contributed by atoms with Gasteiger partial charge >= 0.3 is 5.97 Å². The lowest BCUT2D eigenvalue weighted by molar-refractivity contribution is -0.116. The van der Waals surface area contributed by atoms with Crippen LogP contribution in [-0.4, -0.2) is 24.2 Å². The van der Waals surface area contributed by atoms with E-state index in [4.69, 9.17) is 4.74 Å². The molecule has 1 N–H and O–H groups in total. The minimum atomic E-state index is -0.375. The molecule has 0 atom stereocenters. The van der Waals surface area contributed by atoms with E-state index in [0.29, 0.717) is 23.6 Å². The van der Waals surface area contributed by atoms with Crippen LogP contribution in [-0.2, 0) is 9.53 Å². The van der Waals surface area contributed by atoms with Crippen molar-refractivity contribution in [3.05, 3.63) is 45.8 Å². The van der Waals surface area contributed by atoms with Crippen molar-refractivity contribution in [3.8, 4) is 0 Å². The zero-order valence-corrected chi connectivity index (χ0v) is 17.3. The van der Waals surface area contributed by atoms with E-state index < -0.39 is 0 Å². The predicted octanol–water partition coefficient (Wildman–Crippen LogP) is 5.36. The van der Waals surface area contributed by atoms with E-state index in [1.165, 1.54) is 21.8 Å². The predicted molar refractivity (Wildman–Crippen MR) is 110 cm³/mol. The number of ether oxygens (including phenoxy) is 1. The fourth-order valence-corrected chi connectivity index (χ4v) is 4.33. The van der Waals surface area contributed by atoms with Crippen LogP contribution in [0.25, 0.3) is 0 Å². The van der Waals surface area contributed by atoms with Gasteiger partial charge in [0, 0.05) is 16.2 Å². The number of anilines is 1. The van der Waals surface area contributed by atoms with E-state index in [-0.39, 0.29) is 11.9 Å². The third-order valence-electron chi connectivity index (χ3n) is 3.96. The lowest BCUT2D eigenvalue weighted by Crippen LogP contribution is -2.14. The zero-order chi connectivity index (χ0) is 19.1. The normalized spacial score (nSPS) is 10.6. The molecule has 0 unspecified atom stereocenters. The molecule has 4 nitrogen and oxygen atoms in total. The Morgan fingerprint density at radius 1 is 1.15 bits per heavy atom. The smallest absolute Gasteiger partial charge is 0.341 e. The van der Waals surface area contributed by atoms with Crippen LogP contribution < -0.4 is 5.32 Å². The Kier molecular flexibility index (Phi) is 7.72. The summed E-state index contributed by atoms with van der Waals surface area (Å²) in [7, 11) is 0. The first kappa shape index (κ1) is 20.5. The number of carbonyl (C=O) groups excluding carboxylic acids is 2. The molecule has 26 heavy (non-hydrogen) atoms. The van der Waals surface area contributed by atoms with Crippen LogP contribution in [0.15, 0.2) is 29.2 Å². The van der Waals surface area contributed by atoms with Crippen molar-refractivity contribution in [2.45, 2.75) is 45.4 Å². The number of aryl methyl sites for hydroxylation is 2. The largest absolute Gasteiger partial charge is 0.462 e. The summed E-state index contributed by atoms with van der Waals surface area (Å²) in [5, 5.41) is 3.48. The fraction of sp³-hybridized carbons (Fsp3) is 0.400. The van der Waals surface area contributed by atoms with Gasteiger partial charge in [0.1, 0.15) is 5.00 Å². The van der Waals surface area contributed by atoms with Crippen molar-refractivity contribution < 1.29 is 14.3 Å². The van der Waals surface area contributed by atoms with E-state index in [0.717, 1.165) is 22.6 Å². The van der Waals surface area contributed by atoms with E-state index in [2.05, 4.69) is 36.5 Å². The number of carbonyl (C=O) groups is 2. The monoisotopic (exact) mass is 391 g/mol. The van der Waals surface area contributed by atoms with Gasteiger partial charge in [0.05, 0.1) is 12.2 Å². The summed E-state index contributed by atoms with van der Waals surface area (Å²) < 4.78 is 5.11. The van der Waals surface area contributed by atoms with E-state index >= 15 is 0 Å². The van der Waals surface area contributed by atoms with Crippen LogP contribution in [0.2, 0.25) is 0 Å². The third kappa shape index (κ3) is 5.61. The number of esters is 1. The number of hydrogen-bond donors (Lipinski definition) is 1. The van der Waals surface area contributed by atoms with Gasteiger partial charge in [-0.2, -0.15) is 0 Å². The average molecular weight is 392 g/mol. The molecule has 6 heteroatoms. The molecule has 0 fully saturated rings. The van der Waals surface area contributed by atoms with Crippen LogP contribution in [0.3, 0.4) is 0 Å². The molecule has 2 rings (SSSR count). The average Bonchev–Trinajstić information content (AvgIpc) is 2.87. The molecular weight excluding hydrogens is 366 g/mol. The number of amides is 1. The maximum Gasteiger partial charge on any atom is 0.341 e. The molecule has 2 aromatic rings. The Morgan fingerprint density at radius 3 is 2.50 bits per heavy atom. The van der Waals surface area contributed by atoms with Gasteiger partial charge in [-0.05, 0) is 57.6 Å². The first-order chi connectivity index (χ1) is 12.4. The third-order valence-corrected chi connectivity index (χ3v) is 6.18. The highest BCUT2D eigenvalue weighted by molar-refractivity contribution is 7.99. The van der Waals surface area contributed by atoms with Crippen molar-refractivity contribution in [1.29, 1.82) is 0 Å². The van der Waals surface area contributed by atoms with Crippen molar-refractivity contribution in [2.75, 3.05) is 17.7 Å². The number of hydrogen-bond acceptors (Lipinski definition) is 5. The summed E-state index contributed by atoms with van der Waals surface area (Å²) in [6.45, 7) is 7.98. The molecule has 0 saturated carbocycles. The standard InChI is InChI=1S/C20H25NO3S2/c1-5-24-20(23)18-14(3)15(4)26-19(18)21-17(22)7-6-12-25-16-10-8-13(2)9-11-16/h8-11H,5-7,12H2,1-4H3,(H,21,22). The Hall–Kier alpha value is -1.79. The van der Waals surface area contributed by atoms with Crippen molar-refractivity contribution in [1.82, 2.24) is 0 Å². The number of thioether (sulfide) groups is 1. The maximum absolute atomic E-state index is 12.3. The molecule has 0 radical (unpaired) electrons. The lowest BCUT2D eigenvalue weighted by Gasteiger charge is -2.07. The quantitative estimate of drug-likeness (QED) is 0.374. The second-order valence-corrected chi connectivity index (χ2v) is 8.41. The molecule has 0 aliphatic rings. The summed E-state index contributed by atoms with van der Waals surface area (Å²) in [5.74, 6) is 0.435. The Morgan fingerprint density at radius 2 is 1.85 bits per heavy atom. The summed E-state index contributed by atoms with van der Waals surface area (Å²) in [5.41, 5.74) is 2.60. The molecule has 1 aromatic carbocycles. The molecule has 1 heterocycles. The second-order valence-electron chi connectivity index (χ2n) is 6.02. The molecule has 1 amide bonds. The van der Waals surface area contributed by atoms with Crippen LogP contribution >= 0.6 is 23.1 Å². The van der Waals surface area contributed by atoms with Crippen LogP contribution in [0, 0.1) is 20.8 Å². The molecular formula is C20H25NO3S2. The number of thiophene rings is 1. The van der Waals surface area contributed by atoms with Gasteiger partial charge in [-0.3, -0.25) is 4.79 Å². The van der Waals surface area contributed by atoms with Gasteiger partial charge in [0.25, 0.3) is 0 Å². The molecule has 0 spiro atoms. The highest BCUT2D eigenvalue weighted by Gasteiger charge is 2.21. The number of rotatable bonds is 8. The van der Waals surface area contributed by atoms with E-state index in [1.54, 1.807) is 18.7 Å². The van der Waals surface area contributed by atoms with Crippen LogP contribution in [0.1, 0.15) is 46.1 Å². The van der Waals surface area contributed by atoms with Gasteiger partial charge < -0.3 is 10.1 Å². The lowest BCUT2D eigenvalue weighted by atomic mass is 10.1. The molecule has 0 aliphatic carbocycles. The Bertz CT molecular complexity index is 766. The number of nitrogens with one attached hydrogen (secondary N) is 1. The highest BCUT2D eigenvalue weighted by atomic mass is 32.2. The van der Waals surface area contributed by atoms with Gasteiger partial charge in [-0.25, -0.2) is 4.79 Å². The SMILES string of the molecule is CCOC(=O)c1c(NC(=O)CCCSc2ccc(C)cc2)sc(C)c1C. The topological polar surface area (TPSA) is 55.4 Å².